The summed E-state index contributed by atoms with van der Waals surface area (Å²) in [5.41, 5.74) is 15.4. The molecule has 3 heteroatoms. The van der Waals surface area contributed by atoms with Crippen LogP contribution in [0.25, 0.3) is 93.6 Å². The van der Waals surface area contributed by atoms with Gasteiger partial charge in [-0.05, 0) is 99.3 Å². The number of hydrogen-bond donors (Lipinski definition) is 0. The van der Waals surface area contributed by atoms with Crippen molar-refractivity contribution in [2.45, 2.75) is 0 Å². The van der Waals surface area contributed by atoms with Crippen LogP contribution < -0.4 is 4.90 Å². The highest BCUT2D eigenvalue weighted by atomic mass is 16.3. The van der Waals surface area contributed by atoms with Gasteiger partial charge in [0.05, 0.1) is 22.4 Å². The molecule has 3 nitrogen and oxygen atoms in total. The van der Waals surface area contributed by atoms with E-state index in [1.54, 1.807) is 0 Å². The maximum atomic E-state index is 6.64. The van der Waals surface area contributed by atoms with E-state index >= 15 is 0 Å². The van der Waals surface area contributed by atoms with Crippen LogP contribution in [0.3, 0.4) is 0 Å². The largest absolute Gasteiger partial charge is 0.454 e. The summed E-state index contributed by atoms with van der Waals surface area (Å²) in [7, 11) is 0. The highest BCUT2D eigenvalue weighted by molar-refractivity contribution is 6.11. The molecule has 0 aliphatic heterocycles. The Bertz CT molecular complexity index is 3540. The van der Waals surface area contributed by atoms with E-state index in [1.807, 2.05) is 12.1 Å². The SMILES string of the molecule is c1cc(-c2ccc3ccccc3c2)cc(N(c2ccc(-c3ccc(-c4ccccc4-n4c5ccccc5c5ccccc54)cc3)cc2)c2cccc3c2oc2ccccc23)c1. The molecule has 0 aliphatic carbocycles. The van der Waals surface area contributed by atoms with Crippen molar-refractivity contribution in [3.05, 3.63) is 231 Å². The number of furan rings is 1. The van der Waals surface area contributed by atoms with Gasteiger partial charge in [-0.15, -0.1) is 0 Å². The Morgan fingerprint density at radius 3 is 1.70 bits per heavy atom. The van der Waals surface area contributed by atoms with Crippen LogP contribution in [0.1, 0.15) is 0 Å². The Kier molecular flexibility index (Phi) is 8.17. The van der Waals surface area contributed by atoms with Crippen molar-refractivity contribution in [1.82, 2.24) is 4.57 Å². The lowest BCUT2D eigenvalue weighted by atomic mass is 9.98. The lowest BCUT2D eigenvalue weighted by Gasteiger charge is -2.26. The molecule has 0 amide bonds. The average molecular weight is 779 g/mol. The lowest BCUT2D eigenvalue weighted by Crippen LogP contribution is -2.10. The Morgan fingerprint density at radius 2 is 0.918 bits per heavy atom. The van der Waals surface area contributed by atoms with Crippen LogP contribution in [-0.2, 0) is 0 Å². The zero-order valence-electron chi connectivity index (χ0n) is 33.2. The zero-order valence-corrected chi connectivity index (χ0v) is 33.2. The van der Waals surface area contributed by atoms with Crippen molar-refractivity contribution in [2.24, 2.45) is 0 Å². The summed E-state index contributed by atoms with van der Waals surface area (Å²) in [5.74, 6) is 0. The number of para-hydroxylation sites is 5. The molecule has 0 saturated carbocycles. The molecular formula is C58H38N2O. The second-order valence-electron chi connectivity index (χ2n) is 15.7. The van der Waals surface area contributed by atoms with Crippen LogP contribution >= 0.6 is 0 Å². The third kappa shape index (κ3) is 5.90. The van der Waals surface area contributed by atoms with Crippen molar-refractivity contribution in [3.63, 3.8) is 0 Å². The molecule has 0 aliphatic rings. The van der Waals surface area contributed by atoms with Crippen LogP contribution in [0.5, 0.6) is 0 Å². The molecule has 0 radical (unpaired) electrons. The lowest BCUT2D eigenvalue weighted by molar-refractivity contribution is 0.669. The van der Waals surface area contributed by atoms with Crippen LogP contribution in [0.4, 0.5) is 17.1 Å². The van der Waals surface area contributed by atoms with Gasteiger partial charge in [-0.2, -0.15) is 0 Å². The molecule has 61 heavy (non-hydrogen) atoms. The molecule has 12 aromatic rings. The van der Waals surface area contributed by atoms with Crippen molar-refractivity contribution in [3.8, 4) is 39.1 Å². The van der Waals surface area contributed by atoms with Crippen molar-refractivity contribution < 1.29 is 4.42 Å². The maximum Gasteiger partial charge on any atom is 0.159 e. The highest BCUT2D eigenvalue weighted by Crippen LogP contribution is 2.44. The Balaban J connectivity index is 0.931. The fourth-order valence-corrected chi connectivity index (χ4v) is 9.27. The Hall–Kier alpha value is -8.14. The second kappa shape index (κ2) is 14.3. The Labute approximate surface area is 353 Å². The summed E-state index contributed by atoms with van der Waals surface area (Å²) >= 11 is 0. The number of anilines is 3. The van der Waals surface area contributed by atoms with Crippen molar-refractivity contribution >= 4 is 71.6 Å². The third-order valence-electron chi connectivity index (χ3n) is 12.2. The third-order valence-corrected chi connectivity index (χ3v) is 12.2. The number of nitrogens with zero attached hydrogens (tertiary/aromatic N) is 2. The summed E-state index contributed by atoms with van der Waals surface area (Å²) < 4.78 is 9.05. The number of benzene rings is 10. The molecule has 0 fully saturated rings. The molecule has 12 rings (SSSR count). The van der Waals surface area contributed by atoms with Gasteiger partial charge in [0, 0.05) is 38.5 Å². The minimum Gasteiger partial charge on any atom is -0.454 e. The molecule has 286 valence electrons. The van der Waals surface area contributed by atoms with E-state index in [0.29, 0.717) is 0 Å². The first-order valence-corrected chi connectivity index (χ1v) is 20.8. The van der Waals surface area contributed by atoms with Crippen LogP contribution in [0.2, 0.25) is 0 Å². The van der Waals surface area contributed by atoms with E-state index < -0.39 is 0 Å². The summed E-state index contributed by atoms with van der Waals surface area (Å²) in [6.07, 6.45) is 0. The van der Waals surface area contributed by atoms with Crippen LogP contribution in [0.15, 0.2) is 235 Å². The standard InChI is InChI=1S/C58H38N2O/c1-2-14-43-37-45(32-29-39(43)13-1)44-15-11-16-47(38-44)59(56-25-12-21-52-51-20-6-10-26-57(51)61-58(52)56)46-35-33-41(34-36-46)40-27-30-42(31-28-40)48-17-3-7-22-53(48)60-54-23-8-4-18-49(54)50-19-5-9-24-55(50)60/h1-38H. The van der Waals surface area contributed by atoms with E-state index in [0.717, 1.165) is 55.7 Å². The number of aromatic nitrogens is 1. The van der Waals surface area contributed by atoms with Crippen LogP contribution in [-0.4, -0.2) is 4.57 Å². The molecular weight excluding hydrogens is 741 g/mol. The first-order chi connectivity index (χ1) is 30.2. The van der Waals surface area contributed by atoms with Gasteiger partial charge in [-0.25, -0.2) is 0 Å². The molecule has 0 atom stereocenters. The summed E-state index contributed by atoms with van der Waals surface area (Å²) in [6.45, 7) is 0. The van der Waals surface area contributed by atoms with Gasteiger partial charge in [-0.1, -0.05) is 170 Å². The smallest absolute Gasteiger partial charge is 0.159 e. The van der Waals surface area contributed by atoms with E-state index in [4.69, 9.17) is 4.42 Å². The minimum absolute atomic E-state index is 0.862. The molecule has 0 saturated heterocycles. The van der Waals surface area contributed by atoms with Crippen molar-refractivity contribution in [2.75, 3.05) is 4.90 Å². The van der Waals surface area contributed by atoms with E-state index in [9.17, 15) is 0 Å². The Morgan fingerprint density at radius 1 is 0.344 bits per heavy atom. The van der Waals surface area contributed by atoms with Gasteiger partial charge in [-0.3, -0.25) is 0 Å². The topological polar surface area (TPSA) is 21.3 Å². The monoisotopic (exact) mass is 778 g/mol. The highest BCUT2D eigenvalue weighted by Gasteiger charge is 2.20. The molecule has 0 bridgehead atoms. The molecule has 2 aromatic heterocycles. The summed E-state index contributed by atoms with van der Waals surface area (Å²) in [5, 5.41) is 7.19. The molecule has 10 aromatic carbocycles. The zero-order chi connectivity index (χ0) is 40.3. The van der Waals surface area contributed by atoms with Gasteiger partial charge in [0.15, 0.2) is 5.58 Å². The van der Waals surface area contributed by atoms with Gasteiger partial charge >= 0.3 is 0 Å². The molecule has 0 N–H and O–H groups in total. The second-order valence-corrected chi connectivity index (χ2v) is 15.7. The number of hydrogen-bond acceptors (Lipinski definition) is 2. The van der Waals surface area contributed by atoms with Gasteiger partial charge in [0.1, 0.15) is 5.58 Å². The first kappa shape index (κ1) is 34.9. The van der Waals surface area contributed by atoms with Gasteiger partial charge in [0.2, 0.25) is 0 Å². The van der Waals surface area contributed by atoms with E-state index in [-0.39, 0.29) is 0 Å². The predicted molar refractivity (Wildman–Crippen MR) is 257 cm³/mol. The number of rotatable bonds is 7. The average Bonchev–Trinajstić information content (AvgIpc) is 3.88. The van der Waals surface area contributed by atoms with Gasteiger partial charge < -0.3 is 13.9 Å². The predicted octanol–water partition coefficient (Wildman–Crippen LogP) is 16.3. The quantitative estimate of drug-likeness (QED) is 0.161. The molecule has 0 spiro atoms. The van der Waals surface area contributed by atoms with E-state index in [2.05, 4.69) is 228 Å². The normalized spacial score (nSPS) is 11.6. The fourth-order valence-electron chi connectivity index (χ4n) is 9.27. The number of fused-ring (bicyclic) bond motifs is 7. The van der Waals surface area contributed by atoms with E-state index in [1.165, 1.54) is 55.0 Å². The first-order valence-electron chi connectivity index (χ1n) is 20.8. The minimum atomic E-state index is 0.862. The van der Waals surface area contributed by atoms with Crippen LogP contribution in [0, 0.1) is 0 Å². The maximum absolute atomic E-state index is 6.64. The molecule has 2 heterocycles. The molecule has 0 unspecified atom stereocenters. The van der Waals surface area contributed by atoms with Gasteiger partial charge in [0.25, 0.3) is 0 Å². The van der Waals surface area contributed by atoms with Crippen molar-refractivity contribution in [1.29, 1.82) is 0 Å². The summed E-state index contributed by atoms with van der Waals surface area (Å²) in [4.78, 5) is 2.33. The summed E-state index contributed by atoms with van der Waals surface area (Å²) in [6, 6.07) is 82.8. The fraction of sp³-hybridized carbons (Fsp3) is 0.